The Bertz CT molecular complexity index is 157. The van der Waals surface area contributed by atoms with Crippen LogP contribution in [-0.4, -0.2) is 30.0 Å². The van der Waals surface area contributed by atoms with E-state index in [1.54, 1.807) is 0 Å². The third-order valence-corrected chi connectivity index (χ3v) is 2.49. The van der Waals surface area contributed by atoms with Crippen molar-refractivity contribution >= 4 is 42.7 Å². The summed E-state index contributed by atoms with van der Waals surface area (Å²) in [6.07, 6.45) is 11.5. The summed E-state index contributed by atoms with van der Waals surface area (Å²) in [5, 5.41) is 8.41. The fourth-order valence-electron chi connectivity index (χ4n) is 1.59. The number of carboxylic acids is 1. The van der Waals surface area contributed by atoms with Gasteiger partial charge in [0.05, 0.1) is 0 Å². The molecule has 0 aliphatic rings. The molecule has 0 saturated heterocycles. The van der Waals surface area contributed by atoms with Crippen molar-refractivity contribution in [3.63, 3.8) is 0 Å². The average Bonchev–Trinajstić information content (AvgIpc) is 2.27. The molecule has 0 aromatic carbocycles. The molecule has 0 amide bonds. The predicted molar refractivity (Wildman–Crippen MR) is 76.9 cm³/mol. The van der Waals surface area contributed by atoms with Gasteiger partial charge in [0.2, 0.25) is 0 Å². The van der Waals surface area contributed by atoms with Gasteiger partial charge in [-0.1, -0.05) is 58.3 Å². The van der Waals surface area contributed by atoms with Crippen LogP contribution < -0.4 is 0 Å². The van der Waals surface area contributed by atoms with Gasteiger partial charge in [0.15, 0.2) is 0 Å². The van der Waals surface area contributed by atoms with Gasteiger partial charge in [-0.3, -0.25) is 4.79 Å². The van der Waals surface area contributed by atoms with Crippen molar-refractivity contribution < 1.29 is 9.90 Å². The number of hydrogen-bond donors (Lipinski definition) is 1. The first-order valence-corrected chi connectivity index (χ1v) is 13.6. The SMILES string of the molecule is CCCCCCCCCCCC(=O)O.[Cl][Sn][Cl]. The molecule has 17 heavy (non-hydrogen) atoms. The van der Waals surface area contributed by atoms with E-state index < -0.39 is 24.9 Å². The summed E-state index contributed by atoms with van der Waals surface area (Å²) in [6.45, 7) is 2.23. The second-order valence-corrected chi connectivity index (χ2v) is 8.28. The molecule has 0 rings (SSSR count). The number of halogens is 2. The molecule has 5 heteroatoms. The van der Waals surface area contributed by atoms with Crippen LogP contribution in [0.25, 0.3) is 0 Å². The molecule has 0 fully saturated rings. The van der Waals surface area contributed by atoms with Crippen LogP contribution in [0.2, 0.25) is 0 Å². The Morgan fingerprint density at radius 1 is 0.941 bits per heavy atom. The zero-order valence-electron chi connectivity index (χ0n) is 10.7. The van der Waals surface area contributed by atoms with Crippen molar-refractivity contribution in [2.45, 2.75) is 71.1 Å². The molecule has 0 bridgehead atoms. The topological polar surface area (TPSA) is 37.3 Å². The molecule has 102 valence electrons. The van der Waals surface area contributed by atoms with Crippen LogP contribution in [0.4, 0.5) is 0 Å². The van der Waals surface area contributed by atoms with Crippen LogP contribution in [0.3, 0.4) is 0 Å². The Labute approximate surface area is 123 Å². The number of unbranched alkanes of at least 4 members (excludes halogenated alkanes) is 8. The summed E-state index contributed by atoms with van der Waals surface area (Å²) in [6, 6.07) is 0. The number of carboxylic acid groups (broad SMARTS) is 1. The van der Waals surface area contributed by atoms with E-state index >= 15 is 0 Å². The van der Waals surface area contributed by atoms with Crippen LogP contribution >= 0.6 is 17.8 Å². The Morgan fingerprint density at radius 3 is 1.65 bits per heavy atom. The zero-order chi connectivity index (χ0) is 13.4. The standard InChI is InChI=1S/C12H24O2.2ClH.Sn/c1-2-3-4-5-6-7-8-9-10-11-12(13)14;;;/h2-11H2,1H3,(H,13,14);2*1H;/q;;;+2/p-2. The third kappa shape index (κ3) is 26.5. The van der Waals surface area contributed by atoms with Gasteiger partial charge >= 0.3 is 42.7 Å². The van der Waals surface area contributed by atoms with Gasteiger partial charge in [-0.2, -0.15) is 0 Å². The van der Waals surface area contributed by atoms with Crippen molar-refractivity contribution in [3.8, 4) is 0 Å². The van der Waals surface area contributed by atoms with Crippen LogP contribution in [-0.2, 0) is 4.79 Å². The molecule has 0 aromatic heterocycles. The van der Waals surface area contributed by atoms with Crippen molar-refractivity contribution in [2.24, 2.45) is 0 Å². The van der Waals surface area contributed by atoms with Crippen LogP contribution in [0.5, 0.6) is 0 Å². The molecule has 0 heterocycles. The minimum absolute atomic E-state index is 0.343. The fourth-order valence-corrected chi connectivity index (χ4v) is 1.59. The van der Waals surface area contributed by atoms with Gasteiger partial charge in [-0.05, 0) is 6.42 Å². The molecule has 2 radical (unpaired) electrons. The first-order valence-electron chi connectivity index (χ1n) is 6.37. The number of hydrogen-bond acceptors (Lipinski definition) is 1. The fraction of sp³-hybridized carbons (Fsp3) is 0.917. The predicted octanol–water partition coefficient (Wildman–Crippen LogP) is 4.99. The molecule has 0 atom stereocenters. The normalized spacial score (nSPS) is 9.59. The van der Waals surface area contributed by atoms with E-state index in [1.807, 2.05) is 0 Å². The quantitative estimate of drug-likeness (QED) is 0.422. The first kappa shape index (κ1) is 20.2. The zero-order valence-corrected chi connectivity index (χ0v) is 15.0. The Hall–Kier alpha value is 0.849. The van der Waals surface area contributed by atoms with E-state index in [4.69, 9.17) is 22.9 Å². The maximum absolute atomic E-state index is 10.2. The minimum atomic E-state index is -0.826. The Balaban J connectivity index is 0. The van der Waals surface area contributed by atoms with E-state index in [0.29, 0.717) is 6.42 Å². The summed E-state index contributed by atoms with van der Waals surface area (Å²) >= 11 is -0.826. The average molecular weight is 390 g/mol. The summed E-state index contributed by atoms with van der Waals surface area (Å²) < 4.78 is 0. The number of carbonyl (C=O) groups is 1. The van der Waals surface area contributed by atoms with Gasteiger partial charge in [-0.25, -0.2) is 0 Å². The summed E-state index contributed by atoms with van der Waals surface area (Å²) in [7, 11) is 9.87. The molecule has 0 aliphatic carbocycles. The van der Waals surface area contributed by atoms with Gasteiger partial charge in [-0.15, -0.1) is 0 Å². The van der Waals surface area contributed by atoms with Gasteiger partial charge in [0.1, 0.15) is 0 Å². The molecule has 1 N–H and O–H groups in total. The molecular formula is C12H24Cl2O2Sn. The molecular weight excluding hydrogens is 366 g/mol. The number of rotatable bonds is 10. The summed E-state index contributed by atoms with van der Waals surface area (Å²) in [5.41, 5.74) is 0. The monoisotopic (exact) mass is 390 g/mol. The van der Waals surface area contributed by atoms with E-state index in [1.165, 1.54) is 44.9 Å². The third-order valence-electron chi connectivity index (χ3n) is 2.49. The molecule has 0 aliphatic heterocycles. The number of aliphatic carboxylic acids is 1. The van der Waals surface area contributed by atoms with E-state index in [9.17, 15) is 4.79 Å². The van der Waals surface area contributed by atoms with E-state index in [0.717, 1.165) is 12.8 Å². The second-order valence-electron chi connectivity index (χ2n) is 4.04. The van der Waals surface area contributed by atoms with Crippen LogP contribution in [0.1, 0.15) is 71.1 Å². The Morgan fingerprint density at radius 2 is 1.29 bits per heavy atom. The van der Waals surface area contributed by atoms with Crippen molar-refractivity contribution in [3.05, 3.63) is 0 Å². The summed E-state index contributed by atoms with van der Waals surface area (Å²) in [5.74, 6) is -0.659. The molecule has 0 spiro atoms. The van der Waals surface area contributed by atoms with Crippen LogP contribution in [0, 0.1) is 0 Å². The molecule has 2 nitrogen and oxygen atoms in total. The van der Waals surface area contributed by atoms with Crippen molar-refractivity contribution in [2.75, 3.05) is 0 Å². The van der Waals surface area contributed by atoms with Crippen LogP contribution in [0.15, 0.2) is 0 Å². The molecule has 0 saturated carbocycles. The van der Waals surface area contributed by atoms with Crippen molar-refractivity contribution in [1.29, 1.82) is 0 Å². The Kier molecular flexibility index (Phi) is 22.8. The first-order chi connectivity index (χ1) is 8.18. The molecule has 0 unspecified atom stereocenters. The summed E-state index contributed by atoms with van der Waals surface area (Å²) in [4.78, 5) is 10.2. The van der Waals surface area contributed by atoms with Gasteiger partial charge in [0, 0.05) is 6.42 Å². The maximum atomic E-state index is 10.2. The van der Waals surface area contributed by atoms with E-state index in [-0.39, 0.29) is 0 Å². The van der Waals surface area contributed by atoms with E-state index in [2.05, 4.69) is 6.92 Å². The second kappa shape index (κ2) is 19.2. The van der Waals surface area contributed by atoms with Crippen molar-refractivity contribution in [1.82, 2.24) is 0 Å². The molecule has 0 aromatic rings. The van der Waals surface area contributed by atoms with Gasteiger partial charge in [0.25, 0.3) is 0 Å². The van der Waals surface area contributed by atoms with Gasteiger partial charge < -0.3 is 5.11 Å².